The van der Waals surface area contributed by atoms with E-state index in [-0.39, 0.29) is 94.3 Å². The Morgan fingerprint density at radius 1 is 0.591 bits per heavy atom. The van der Waals surface area contributed by atoms with Gasteiger partial charge in [-0.2, -0.15) is 10.2 Å². The van der Waals surface area contributed by atoms with Crippen LogP contribution in [0.5, 0.6) is 11.5 Å². The Labute approximate surface area is 505 Å². The van der Waals surface area contributed by atoms with Gasteiger partial charge in [0.25, 0.3) is 22.9 Å². The Morgan fingerprint density at radius 2 is 1.06 bits per heavy atom. The Hall–Kier alpha value is -9.76. The number of nitrogens with zero attached hydrogens (tertiary/aromatic N) is 8. The number of aliphatic hydroxyl groups excluding tert-OH is 2. The minimum absolute atomic E-state index is 0.0279. The van der Waals surface area contributed by atoms with Crippen LogP contribution in [-0.4, -0.2) is 126 Å². The molecule has 0 unspecified atom stereocenters. The van der Waals surface area contributed by atoms with Crippen molar-refractivity contribution in [1.29, 1.82) is 0 Å². The number of nitrogens with one attached hydrogen (secondary N) is 2. The number of benzene rings is 4. The van der Waals surface area contributed by atoms with Crippen LogP contribution in [0.1, 0.15) is 75.5 Å². The number of pyridine rings is 2. The van der Waals surface area contributed by atoms with Crippen LogP contribution in [-0.2, 0) is 56.0 Å². The smallest absolute Gasteiger partial charge is 0.290 e. The number of hydrogen-bond donors (Lipinski definition) is 4. The minimum atomic E-state index is -3.45. The molecule has 0 radical (unpaired) electrons. The zero-order valence-electron chi connectivity index (χ0n) is 49.1. The molecule has 2 amide bonds. The van der Waals surface area contributed by atoms with E-state index in [2.05, 4.69) is 30.8 Å². The van der Waals surface area contributed by atoms with E-state index in [4.69, 9.17) is 9.47 Å². The third-order valence-corrected chi connectivity index (χ3v) is 17.1. The number of carbonyl (C=O) groups excluding carboxylic acids is 4. The standard InChI is InChI=1S/C31H33N5O7S.C31H29N5O7S/c2*1-31(2,18-38)19-8-10-22-27(14-19)43-13-12-36(29(22)39)26-7-5-6-21(23(26)17-37)24-15-25(30(40)35(3)34-24)33-28-11-9-20(16-32-28)44(4,41)42/h5-11,14-16,37-38H,12-13,17-18H2,1-4H3,(H,32,33);5-11,14-18H,12-13H2,1-4H3,(H,32,33). The van der Waals surface area contributed by atoms with E-state index in [1.165, 1.54) is 67.8 Å². The lowest BCUT2D eigenvalue weighted by Crippen LogP contribution is -2.33. The number of ether oxygens (including phenoxy) is 2. The van der Waals surface area contributed by atoms with Gasteiger partial charge in [-0.25, -0.2) is 36.2 Å². The average molecular weight is 1240 g/mol. The summed E-state index contributed by atoms with van der Waals surface area (Å²) in [7, 11) is -3.95. The van der Waals surface area contributed by atoms with Gasteiger partial charge in [0.15, 0.2) is 26.0 Å². The molecule has 0 saturated heterocycles. The molecule has 4 N–H and O–H groups in total. The Morgan fingerprint density at radius 3 is 1.51 bits per heavy atom. The van der Waals surface area contributed by atoms with Gasteiger partial charge in [-0.3, -0.25) is 24.0 Å². The lowest BCUT2D eigenvalue weighted by molar-refractivity contribution is -0.111. The average Bonchev–Trinajstić information content (AvgIpc) is 3.90. The summed E-state index contributed by atoms with van der Waals surface area (Å²) in [5.74, 6) is 0.561. The molecule has 0 fully saturated rings. The van der Waals surface area contributed by atoms with Gasteiger partial charge >= 0.3 is 0 Å². The highest BCUT2D eigenvalue weighted by Gasteiger charge is 2.32. The fourth-order valence-electron chi connectivity index (χ4n) is 9.72. The van der Waals surface area contributed by atoms with E-state index >= 15 is 0 Å². The van der Waals surface area contributed by atoms with Crippen molar-refractivity contribution in [2.45, 2.75) is 54.9 Å². The molecule has 2 aliphatic rings. The van der Waals surface area contributed by atoms with Crippen LogP contribution in [0.3, 0.4) is 0 Å². The Bertz CT molecular complexity index is 4440. The number of sulfone groups is 2. The molecule has 0 bridgehead atoms. The molecular formula is C62H62N10O14S2. The lowest BCUT2D eigenvalue weighted by Gasteiger charge is -2.25. The largest absolute Gasteiger partial charge is 0.491 e. The number of anilines is 6. The van der Waals surface area contributed by atoms with E-state index < -0.39 is 48.2 Å². The normalized spacial score (nSPS) is 13.6. The molecule has 8 aromatic rings. The molecule has 0 atom stereocenters. The zero-order chi connectivity index (χ0) is 63.6. The van der Waals surface area contributed by atoms with E-state index in [0.29, 0.717) is 62.7 Å². The number of rotatable bonds is 16. The van der Waals surface area contributed by atoms with Crippen molar-refractivity contribution in [3.05, 3.63) is 176 Å². The molecule has 0 spiro atoms. The maximum Gasteiger partial charge on any atom is 0.290 e. The first-order valence-corrected chi connectivity index (χ1v) is 31.1. The van der Waals surface area contributed by atoms with Crippen molar-refractivity contribution in [3.63, 3.8) is 0 Å². The van der Waals surface area contributed by atoms with Crippen LogP contribution in [0, 0.1) is 0 Å². The van der Waals surface area contributed by atoms with Crippen LogP contribution in [0.15, 0.2) is 141 Å². The van der Waals surface area contributed by atoms with Gasteiger partial charge in [0.2, 0.25) is 0 Å². The highest BCUT2D eigenvalue weighted by molar-refractivity contribution is 7.91. The monoisotopic (exact) mass is 1230 g/mol. The number of amides is 2. The van der Waals surface area contributed by atoms with Crippen molar-refractivity contribution in [1.82, 2.24) is 29.5 Å². The van der Waals surface area contributed by atoms with Gasteiger partial charge in [-0.05, 0) is 97.8 Å². The quantitative estimate of drug-likeness (QED) is 0.0793. The van der Waals surface area contributed by atoms with Crippen molar-refractivity contribution in [2.24, 2.45) is 14.1 Å². The zero-order valence-corrected chi connectivity index (χ0v) is 50.8. The number of carbonyl (C=O) groups is 4. The van der Waals surface area contributed by atoms with Crippen LogP contribution >= 0.6 is 0 Å². The number of aryl methyl sites for hydroxylation is 2. The number of aldehydes is 2. The Balaban J connectivity index is 0.000000209. The van der Waals surface area contributed by atoms with Crippen LogP contribution in [0.25, 0.3) is 22.5 Å². The first-order chi connectivity index (χ1) is 41.7. The molecule has 10 rings (SSSR count). The maximum absolute atomic E-state index is 13.8. The summed E-state index contributed by atoms with van der Waals surface area (Å²) >= 11 is 0. The van der Waals surface area contributed by atoms with E-state index in [9.17, 15) is 55.8 Å². The van der Waals surface area contributed by atoms with Gasteiger partial charge in [0.1, 0.15) is 54.0 Å². The van der Waals surface area contributed by atoms with E-state index in [0.717, 1.165) is 33.7 Å². The van der Waals surface area contributed by atoms with Gasteiger partial charge in [0.05, 0.1) is 70.0 Å². The second-order valence-electron chi connectivity index (χ2n) is 22.0. The second kappa shape index (κ2) is 24.9. The SMILES string of the molecule is Cn1nc(-c2cccc(N3CCOc4cc(C(C)(C)C=O)ccc4C3=O)c2C=O)cc(Nc2ccc(S(C)(=O)=O)cn2)c1=O.Cn1nc(-c2cccc(N3CCOc4cc(C(C)(C)CO)ccc4C3=O)c2CO)cc(Nc2ccc(S(C)(=O)=O)cn2)c1=O. The molecule has 2 aliphatic heterocycles. The molecule has 0 saturated carbocycles. The van der Waals surface area contributed by atoms with Crippen molar-refractivity contribution in [2.75, 3.05) is 65.9 Å². The molecule has 4 aromatic heterocycles. The number of fused-ring (bicyclic) bond motifs is 2. The maximum atomic E-state index is 13.8. The molecule has 24 nitrogen and oxygen atoms in total. The summed E-state index contributed by atoms with van der Waals surface area (Å²) in [6.07, 6.45) is 5.99. The molecule has 0 aliphatic carbocycles. The second-order valence-corrected chi connectivity index (χ2v) is 26.1. The summed E-state index contributed by atoms with van der Waals surface area (Å²) in [4.78, 5) is 88.9. The van der Waals surface area contributed by atoms with Crippen molar-refractivity contribution < 1.29 is 55.7 Å². The fraction of sp³-hybridized carbons (Fsp3) is 0.258. The van der Waals surface area contributed by atoms with Crippen molar-refractivity contribution >= 4 is 78.4 Å². The summed E-state index contributed by atoms with van der Waals surface area (Å²) < 4.78 is 61.2. The lowest BCUT2D eigenvalue weighted by atomic mass is 9.85. The van der Waals surface area contributed by atoms with Crippen molar-refractivity contribution in [3.8, 4) is 34.0 Å². The van der Waals surface area contributed by atoms with Gasteiger partial charge in [-0.15, -0.1) is 0 Å². The third kappa shape index (κ3) is 13.0. The number of hydrogen-bond acceptors (Lipinski definition) is 20. The molecule has 26 heteroatoms. The van der Waals surface area contributed by atoms with Crippen LogP contribution < -0.4 is 41.0 Å². The highest BCUT2D eigenvalue weighted by atomic mass is 32.2. The summed E-state index contributed by atoms with van der Waals surface area (Å²) in [6.45, 7) is 7.56. The first-order valence-electron chi connectivity index (χ1n) is 27.3. The predicted octanol–water partition coefficient (Wildman–Crippen LogP) is 6.11. The summed E-state index contributed by atoms with van der Waals surface area (Å²) in [6, 6.07) is 29.1. The van der Waals surface area contributed by atoms with E-state index in [1.807, 2.05) is 13.8 Å². The fourth-order valence-corrected chi connectivity index (χ4v) is 10.8. The summed E-state index contributed by atoms with van der Waals surface area (Å²) in [5.41, 5.74) is 3.07. The summed E-state index contributed by atoms with van der Waals surface area (Å²) in [5, 5.41) is 34.9. The topological polar surface area (TPSA) is 322 Å². The predicted molar refractivity (Wildman–Crippen MR) is 329 cm³/mol. The molecule has 4 aromatic carbocycles. The molecule has 6 heterocycles. The molecule has 456 valence electrons. The van der Waals surface area contributed by atoms with Crippen LogP contribution in [0.4, 0.5) is 34.4 Å². The first kappa shape index (κ1) is 62.8. The highest BCUT2D eigenvalue weighted by Crippen LogP contribution is 2.38. The Kier molecular flexibility index (Phi) is 17.8. The van der Waals surface area contributed by atoms with Gasteiger partial charge < -0.3 is 44.9 Å². The third-order valence-electron chi connectivity index (χ3n) is 14.9. The molecule has 88 heavy (non-hydrogen) atoms. The van der Waals surface area contributed by atoms with E-state index in [1.54, 1.807) is 91.5 Å². The number of aromatic nitrogens is 6. The number of aliphatic hydroxyl groups is 2. The van der Waals surface area contributed by atoms with Crippen LogP contribution in [0.2, 0.25) is 0 Å². The minimum Gasteiger partial charge on any atom is -0.491 e. The van der Waals surface area contributed by atoms with Gasteiger partial charge in [0, 0.05) is 72.1 Å². The van der Waals surface area contributed by atoms with Gasteiger partial charge in [-0.1, -0.05) is 50.2 Å². The molecular weight excluding hydrogens is 1170 g/mol.